The fourth-order valence-electron chi connectivity index (χ4n) is 0.654. The van der Waals surface area contributed by atoms with E-state index in [0.717, 1.165) is 12.3 Å². The van der Waals surface area contributed by atoms with Crippen molar-refractivity contribution in [2.45, 2.75) is 12.1 Å². The Kier molecular flexibility index (Phi) is 2.23. The van der Waals surface area contributed by atoms with Gasteiger partial charge >= 0.3 is 12.1 Å². The van der Waals surface area contributed by atoms with Gasteiger partial charge in [-0.2, -0.15) is 22.0 Å². The van der Waals surface area contributed by atoms with Crippen molar-refractivity contribution >= 4 is 0 Å². The summed E-state index contributed by atoms with van der Waals surface area (Å²) in [6.45, 7) is 0. The van der Waals surface area contributed by atoms with Crippen molar-refractivity contribution in [1.29, 1.82) is 0 Å². The number of halogens is 5. The third kappa shape index (κ3) is 1.76. The summed E-state index contributed by atoms with van der Waals surface area (Å²) in [5.41, 5.74) is -1.28. The highest BCUT2D eigenvalue weighted by Gasteiger charge is 2.58. The summed E-state index contributed by atoms with van der Waals surface area (Å²) in [4.78, 5) is 3.06. The highest BCUT2D eigenvalue weighted by molar-refractivity contribution is 5.15. The number of nitrogens with zero attached hydrogens (tertiary/aromatic N) is 1. The first-order valence-electron chi connectivity index (χ1n) is 3.13. The highest BCUT2D eigenvalue weighted by atomic mass is 19.4. The molecule has 0 saturated carbocycles. The average Bonchev–Trinajstić information content (AvgIpc) is 2.04. The minimum absolute atomic E-state index is 0.625. The molecule has 0 unspecified atom stereocenters. The molecule has 0 saturated heterocycles. The molecular formula is C7H3F5N. The summed E-state index contributed by atoms with van der Waals surface area (Å²) >= 11 is 0. The zero-order valence-corrected chi connectivity index (χ0v) is 6.07. The molecule has 0 N–H and O–H groups in total. The Morgan fingerprint density at radius 2 is 1.77 bits per heavy atom. The summed E-state index contributed by atoms with van der Waals surface area (Å²) in [6.07, 6.45) is -2.94. The molecule has 0 spiro atoms. The van der Waals surface area contributed by atoms with Gasteiger partial charge in [-0.05, 0) is 12.1 Å². The Morgan fingerprint density at radius 3 is 2.15 bits per heavy atom. The van der Waals surface area contributed by atoms with Gasteiger partial charge in [0.1, 0.15) is 0 Å². The van der Waals surface area contributed by atoms with Crippen LogP contribution in [0.1, 0.15) is 5.56 Å². The average molecular weight is 196 g/mol. The lowest BCUT2D eigenvalue weighted by atomic mass is 10.1. The lowest BCUT2D eigenvalue weighted by Gasteiger charge is -2.18. The molecular weight excluding hydrogens is 193 g/mol. The van der Waals surface area contributed by atoms with E-state index in [-0.39, 0.29) is 0 Å². The molecule has 0 fully saturated rings. The second kappa shape index (κ2) is 2.93. The van der Waals surface area contributed by atoms with Crippen LogP contribution in [0.2, 0.25) is 0 Å². The predicted octanol–water partition coefficient (Wildman–Crippen LogP) is 2.54. The van der Waals surface area contributed by atoms with Crippen molar-refractivity contribution < 1.29 is 22.0 Å². The van der Waals surface area contributed by atoms with Gasteiger partial charge in [0.05, 0.1) is 11.8 Å². The van der Waals surface area contributed by atoms with Crippen LogP contribution in [0.25, 0.3) is 0 Å². The quantitative estimate of drug-likeness (QED) is 0.629. The molecule has 1 aromatic rings. The minimum atomic E-state index is -5.60. The number of aromatic nitrogens is 1. The lowest BCUT2D eigenvalue weighted by molar-refractivity contribution is -0.289. The standard InChI is InChI=1S/C7H3F5N/c8-6(9,7(10,11)12)5-2-1-3-13-4-5/h1-3H. The minimum Gasteiger partial charge on any atom is -0.254 e. The van der Waals surface area contributed by atoms with E-state index in [2.05, 4.69) is 4.98 Å². The van der Waals surface area contributed by atoms with Gasteiger partial charge in [-0.15, -0.1) is 0 Å². The van der Waals surface area contributed by atoms with Crippen LogP contribution in [0.15, 0.2) is 18.3 Å². The van der Waals surface area contributed by atoms with Crippen molar-refractivity contribution in [2.24, 2.45) is 0 Å². The van der Waals surface area contributed by atoms with Gasteiger partial charge < -0.3 is 0 Å². The molecule has 0 aromatic carbocycles. The number of pyridine rings is 1. The van der Waals surface area contributed by atoms with Crippen LogP contribution < -0.4 is 0 Å². The van der Waals surface area contributed by atoms with Gasteiger partial charge in [0.15, 0.2) is 0 Å². The molecule has 1 aromatic heterocycles. The molecule has 13 heavy (non-hydrogen) atoms. The second-order valence-electron chi connectivity index (χ2n) is 2.23. The maximum absolute atomic E-state index is 12.5. The van der Waals surface area contributed by atoms with Crippen molar-refractivity contribution in [3.05, 3.63) is 30.1 Å². The normalized spacial score (nSPS) is 13.0. The SMILES string of the molecule is FC(F)(F)C(F)(F)c1[c]nccc1. The van der Waals surface area contributed by atoms with Crippen molar-refractivity contribution in [1.82, 2.24) is 4.98 Å². The van der Waals surface area contributed by atoms with E-state index in [4.69, 9.17) is 0 Å². The number of rotatable bonds is 1. The largest absolute Gasteiger partial charge is 0.458 e. The zero-order valence-electron chi connectivity index (χ0n) is 6.07. The third-order valence-corrected chi connectivity index (χ3v) is 1.30. The monoisotopic (exact) mass is 196 g/mol. The summed E-state index contributed by atoms with van der Waals surface area (Å²) in [5, 5.41) is 0. The van der Waals surface area contributed by atoms with Crippen LogP contribution in [0.4, 0.5) is 22.0 Å². The molecule has 6 heteroatoms. The Morgan fingerprint density at radius 1 is 1.15 bits per heavy atom. The summed E-state index contributed by atoms with van der Waals surface area (Å²) in [6, 6.07) is 1.62. The maximum atomic E-state index is 12.5. The Bertz CT molecular complexity index is 279. The number of alkyl halides is 5. The zero-order chi connectivity index (χ0) is 10.1. The molecule has 71 valence electrons. The van der Waals surface area contributed by atoms with Crippen LogP contribution in [-0.2, 0) is 5.92 Å². The molecule has 1 radical (unpaired) electrons. The third-order valence-electron chi connectivity index (χ3n) is 1.30. The van der Waals surface area contributed by atoms with Crippen LogP contribution in [0.5, 0.6) is 0 Å². The molecule has 0 aliphatic rings. The first-order chi connectivity index (χ1) is 5.86. The van der Waals surface area contributed by atoms with Gasteiger partial charge in [0, 0.05) is 6.20 Å². The highest BCUT2D eigenvalue weighted by Crippen LogP contribution is 2.43. The molecule has 0 atom stereocenters. The molecule has 0 aliphatic carbocycles. The van der Waals surface area contributed by atoms with Crippen LogP contribution in [-0.4, -0.2) is 11.2 Å². The number of hydrogen-bond donors (Lipinski definition) is 0. The van der Waals surface area contributed by atoms with E-state index in [1.165, 1.54) is 0 Å². The predicted molar refractivity (Wildman–Crippen MR) is 33.0 cm³/mol. The van der Waals surface area contributed by atoms with Gasteiger partial charge in [-0.1, -0.05) is 0 Å². The Balaban J connectivity index is 3.08. The lowest BCUT2D eigenvalue weighted by Crippen LogP contribution is -2.33. The molecule has 0 amide bonds. The molecule has 1 nitrogen and oxygen atoms in total. The van der Waals surface area contributed by atoms with Crippen molar-refractivity contribution in [3.63, 3.8) is 0 Å². The van der Waals surface area contributed by atoms with E-state index in [1.807, 2.05) is 0 Å². The van der Waals surface area contributed by atoms with E-state index in [1.54, 1.807) is 6.20 Å². The van der Waals surface area contributed by atoms with Gasteiger partial charge in [0.25, 0.3) is 0 Å². The Labute approximate surface area is 70.2 Å². The number of hydrogen-bond acceptors (Lipinski definition) is 1. The van der Waals surface area contributed by atoms with Crippen LogP contribution in [0, 0.1) is 6.20 Å². The van der Waals surface area contributed by atoms with Crippen LogP contribution in [0.3, 0.4) is 0 Å². The first-order valence-corrected chi connectivity index (χ1v) is 3.13. The van der Waals surface area contributed by atoms with E-state index in [9.17, 15) is 22.0 Å². The van der Waals surface area contributed by atoms with Gasteiger partial charge in [-0.3, -0.25) is 4.98 Å². The fourth-order valence-corrected chi connectivity index (χ4v) is 0.654. The first kappa shape index (κ1) is 9.88. The summed E-state index contributed by atoms with van der Waals surface area (Å²) < 4.78 is 60.1. The summed E-state index contributed by atoms with van der Waals surface area (Å²) in [5.74, 6) is -4.89. The molecule has 0 aliphatic heterocycles. The van der Waals surface area contributed by atoms with Crippen molar-refractivity contribution in [3.8, 4) is 0 Å². The second-order valence-corrected chi connectivity index (χ2v) is 2.23. The maximum Gasteiger partial charge on any atom is 0.458 e. The molecule has 0 bridgehead atoms. The van der Waals surface area contributed by atoms with E-state index < -0.39 is 17.7 Å². The smallest absolute Gasteiger partial charge is 0.254 e. The van der Waals surface area contributed by atoms with Crippen LogP contribution >= 0.6 is 0 Å². The fraction of sp³-hybridized carbons (Fsp3) is 0.286. The summed E-state index contributed by atoms with van der Waals surface area (Å²) in [7, 11) is 0. The van der Waals surface area contributed by atoms with Crippen molar-refractivity contribution in [2.75, 3.05) is 0 Å². The topological polar surface area (TPSA) is 12.9 Å². The molecule has 1 rings (SSSR count). The van der Waals surface area contributed by atoms with E-state index >= 15 is 0 Å². The Hall–Kier alpha value is -1.20. The van der Waals surface area contributed by atoms with E-state index in [0.29, 0.717) is 6.07 Å². The van der Waals surface area contributed by atoms with Gasteiger partial charge in [0.2, 0.25) is 0 Å². The van der Waals surface area contributed by atoms with Gasteiger partial charge in [-0.25, -0.2) is 0 Å². The molecule has 1 heterocycles.